The molecule has 2 aromatic rings. The number of hydrogen-bond acceptors (Lipinski definition) is 4. The third-order valence-electron chi connectivity index (χ3n) is 3.72. The molecule has 0 spiro atoms. The van der Waals surface area contributed by atoms with E-state index in [9.17, 15) is 4.79 Å². The van der Waals surface area contributed by atoms with Crippen LogP contribution in [0.5, 0.6) is 5.75 Å². The fourth-order valence-corrected chi connectivity index (χ4v) is 2.44. The number of rotatable bonds is 9. The quantitative estimate of drug-likeness (QED) is 0.213. The van der Waals surface area contributed by atoms with E-state index in [0.717, 1.165) is 23.4 Å². The van der Waals surface area contributed by atoms with E-state index in [1.54, 1.807) is 12.1 Å². The largest absolute Gasteiger partial charge is 0.494 e. The molecule has 0 aliphatic rings. The Bertz CT molecular complexity index is 748. The summed E-state index contributed by atoms with van der Waals surface area (Å²) in [5.74, 6) is 1.62. The minimum absolute atomic E-state index is 0. The summed E-state index contributed by atoms with van der Waals surface area (Å²) in [4.78, 5) is 16.4. The number of nitrogens with one attached hydrogen (secondary N) is 3. The van der Waals surface area contributed by atoms with Crippen LogP contribution in [0.25, 0.3) is 0 Å². The van der Waals surface area contributed by atoms with Crippen molar-refractivity contribution in [2.24, 2.45) is 4.99 Å². The number of furan rings is 1. The number of hydrogen-bond donors (Lipinski definition) is 3. The molecule has 1 amide bonds. The molecule has 28 heavy (non-hydrogen) atoms. The first-order valence-electron chi connectivity index (χ1n) is 9.20. The summed E-state index contributed by atoms with van der Waals surface area (Å²) >= 11 is 0. The highest BCUT2D eigenvalue weighted by Crippen LogP contribution is 2.21. The maximum atomic E-state index is 11.8. The molecular formula is C20H29IN4O3. The lowest BCUT2D eigenvalue weighted by molar-refractivity contribution is 0.0926. The van der Waals surface area contributed by atoms with Crippen molar-refractivity contribution in [1.29, 1.82) is 0 Å². The lowest BCUT2D eigenvalue weighted by atomic mass is 10.1. The average Bonchev–Trinajstić information content (AvgIpc) is 3.19. The number of nitrogens with zero attached hydrogens (tertiary/aromatic N) is 1. The number of aliphatic imine (C=N–C) groups is 1. The van der Waals surface area contributed by atoms with Crippen LogP contribution in [0, 0.1) is 6.92 Å². The molecule has 0 atom stereocenters. The second-order valence-electron chi connectivity index (χ2n) is 5.90. The minimum Gasteiger partial charge on any atom is -0.494 e. The summed E-state index contributed by atoms with van der Waals surface area (Å²) in [5, 5.41) is 9.20. The molecule has 3 N–H and O–H groups in total. The van der Waals surface area contributed by atoms with Gasteiger partial charge in [-0.05, 0) is 44.5 Å². The van der Waals surface area contributed by atoms with Gasteiger partial charge >= 0.3 is 0 Å². The Hall–Kier alpha value is -2.23. The van der Waals surface area contributed by atoms with Gasteiger partial charge < -0.3 is 25.1 Å². The third-order valence-corrected chi connectivity index (χ3v) is 3.72. The van der Waals surface area contributed by atoms with E-state index in [4.69, 9.17) is 9.15 Å². The Labute approximate surface area is 183 Å². The predicted octanol–water partition coefficient (Wildman–Crippen LogP) is 3.09. The molecule has 1 aromatic carbocycles. The number of benzene rings is 1. The molecular weight excluding hydrogens is 471 g/mol. The van der Waals surface area contributed by atoms with Crippen molar-refractivity contribution >= 4 is 35.8 Å². The van der Waals surface area contributed by atoms with Gasteiger partial charge in [-0.15, -0.1) is 24.0 Å². The Morgan fingerprint density at radius 3 is 2.61 bits per heavy atom. The van der Waals surface area contributed by atoms with Gasteiger partial charge in [0, 0.05) is 25.2 Å². The van der Waals surface area contributed by atoms with Crippen molar-refractivity contribution in [1.82, 2.24) is 16.0 Å². The van der Waals surface area contributed by atoms with E-state index >= 15 is 0 Å². The number of halogens is 1. The van der Waals surface area contributed by atoms with Crippen LogP contribution in [0.3, 0.4) is 0 Å². The fraction of sp³-hybridized carbons (Fsp3) is 0.400. The molecule has 0 saturated carbocycles. The zero-order valence-corrected chi connectivity index (χ0v) is 18.9. The predicted molar refractivity (Wildman–Crippen MR) is 122 cm³/mol. The highest BCUT2D eigenvalue weighted by molar-refractivity contribution is 14.0. The van der Waals surface area contributed by atoms with Crippen molar-refractivity contribution in [3.8, 4) is 5.75 Å². The number of carbonyl (C=O) groups excluding carboxylic acids is 1. The molecule has 2 rings (SSSR count). The zero-order chi connectivity index (χ0) is 19.5. The first-order valence-corrected chi connectivity index (χ1v) is 9.20. The van der Waals surface area contributed by atoms with E-state index in [-0.39, 0.29) is 29.9 Å². The fourth-order valence-electron chi connectivity index (χ4n) is 2.44. The van der Waals surface area contributed by atoms with Gasteiger partial charge in [0.05, 0.1) is 19.4 Å². The molecule has 0 radical (unpaired) electrons. The highest BCUT2D eigenvalue weighted by Gasteiger charge is 2.07. The summed E-state index contributed by atoms with van der Waals surface area (Å²) in [6.45, 7) is 8.89. The number of amides is 1. The first-order chi connectivity index (χ1) is 13.1. The monoisotopic (exact) mass is 500 g/mol. The number of carbonyl (C=O) groups is 1. The van der Waals surface area contributed by atoms with E-state index in [1.165, 1.54) is 6.26 Å². The van der Waals surface area contributed by atoms with Gasteiger partial charge in [-0.2, -0.15) is 0 Å². The normalized spacial score (nSPS) is 10.8. The van der Waals surface area contributed by atoms with Gasteiger partial charge in [-0.1, -0.05) is 12.1 Å². The van der Waals surface area contributed by atoms with Crippen LogP contribution in [0.1, 0.15) is 35.5 Å². The molecule has 0 aliphatic carbocycles. The Morgan fingerprint density at radius 1 is 1.14 bits per heavy atom. The summed E-state index contributed by atoms with van der Waals surface area (Å²) in [6, 6.07) is 9.43. The molecule has 0 unspecified atom stereocenters. The lowest BCUT2D eigenvalue weighted by Gasteiger charge is -2.13. The second kappa shape index (κ2) is 13.0. The van der Waals surface area contributed by atoms with Crippen molar-refractivity contribution in [2.75, 3.05) is 26.2 Å². The van der Waals surface area contributed by atoms with Crippen LogP contribution in [0.2, 0.25) is 0 Å². The van der Waals surface area contributed by atoms with Crippen molar-refractivity contribution in [2.45, 2.75) is 27.3 Å². The highest BCUT2D eigenvalue weighted by atomic mass is 127. The topological polar surface area (TPSA) is 87.9 Å². The molecule has 0 bridgehead atoms. The minimum atomic E-state index is -0.232. The van der Waals surface area contributed by atoms with Crippen LogP contribution in [-0.2, 0) is 6.54 Å². The maximum Gasteiger partial charge on any atom is 0.287 e. The molecule has 1 heterocycles. The standard InChI is InChI=1S/C20H28N4O3.HI/c1-4-21-20(23-11-10-22-19(25)17-7-6-12-27-17)24-14-16-9-8-15(3)13-18(16)26-5-2;/h6-9,12-13H,4-5,10-11,14H2,1-3H3,(H,22,25)(H2,21,23,24);1H. The lowest BCUT2D eigenvalue weighted by Crippen LogP contribution is -2.41. The van der Waals surface area contributed by atoms with Crippen LogP contribution >= 0.6 is 24.0 Å². The van der Waals surface area contributed by atoms with Crippen LogP contribution < -0.4 is 20.7 Å². The Morgan fingerprint density at radius 2 is 1.93 bits per heavy atom. The van der Waals surface area contributed by atoms with E-state index in [1.807, 2.05) is 32.9 Å². The molecule has 8 heteroatoms. The van der Waals surface area contributed by atoms with Gasteiger partial charge in [0.15, 0.2) is 11.7 Å². The summed E-state index contributed by atoms with van der Waals surface area (Å²) in [6.07, 6.45) is 1.48. The first kappa shape index (κ1) is 23.8. The van der Waals surface area contributed by atoms with Crippen molar-refractivity contribution in [3.05, 3.63) is 53.5 Å². The Balaban J connectivity index is 0.00000392. The number of aryl methyl sites for hydroxylation is 1. The van der Waals surface area contributed by atoms with E-state index in [0.29, 0.717) is 38.0 Å². The van der Waals surface area contributed by atoms with Gasteiger partial charge in [-0.3, -0.25) is 4.79 Å². The smallest absolute Gasteiger partial charge is 0.287 e. The van der Waals surface area contributed by atoms with Crippen molar-refractivity contribution in [3.63, 3.8) is 0 Å². The molecule has 0 saturated heterocycles. The van der Waals surface area contributed by atoms with Crippen LogP contribution in [0.4, 0.5) is 0 Å². The summed E-state index contributed by atoms with van der Waals surface area (Å²) in [5.41, 5.74) is 2.19. The molecule has 0 fully saturated rings. The van der Waals surface area contributed by atoms with E-state index < -0.39 is 0 Å². The van der Waals surface area contributed by atoms with Crippen LogP contribution in [-0.4, -0.2) is 38.1 Å². The molecule has 7 nitrogen and oxygen atoms in total. The molecule has 0 aliphatic heterocycles. The third kappa shape index (κ3) is 7.79. The number of ether oxygens (including phenoxy) is 1. The average molecular weight is 500 g/mol. The molecule has 1 aromatic heterocycles. The van der Waals surface area contributed by atoms with E-state index in [2.05, 4.69) is 27.0 Å². The molecule has 154 valence electrons. The van der Waals surface area contributed by atoms with Gasteiger partial charge in [0.25, 0.3) is 5.91 Å². The Kier molecular flexibility index (Phi) is 11.1. The summed E-state index contributed by atoms with van der Waals surface area (Å²) < 4.78 is 10.8. The van der Waals surface area contributed by atoms with Crippen LogP contribution in [0.15, 0.2) is 46.0 Å². The number of guanidine groups is 1. The van der Waals surface area contributed by atoms with Gasteiger partial charge in [0.1, 0.15) is 5.75 Å². The summed E-state index contributed by atoms with van der Waals surface area (Å²) in [7, 11) is 0. The second-order valence-corrected chi connectivity index (χ2v) is 5.90. The zero-order valence-electron chi connectivity index (χ0n) is 16.6. The van der Waals surface area contributed by atoms with Gasteiger partial charge in [0.2, 0.25) is 0 Å². The SMILES string of the molecule is CCNC(=NCc1ccc(C)cc1OCC)NCCNC(=O)c1ccco1.I. The van der Waals surface area contributed by atoms with Gasteiger partial charge in [-0.25, -0.2) is 4.99 Å². The maximum absolute atomic E-state index is 11.8. The van der Waals surface area contributed by atoms with Crippen molar-refractivity contribution < 1.29 is 13.9 Å².